The van der Waals surface area contributed by atoms with Gasteiger partial charge in [-0.15, -0.1) is 0 Å². The van der Waals surface area contributed by atoms with Crippen molar-refractivity contribution in [2.45, 2.75) is 56.7 Å². The predicted molar refractivity (Wildman–Crippen MR) is 76.5 cm³/mol. The molecule has 0 N–H and O–H groups in total. The van der Waals surface area contributed by atoms with Crippen LogP contribution in [0.2, 0.25) is 0 Å². The Balaban J connectivity index is 1.94. The molecule has 0 aromatic carbocycles. The van der Waals surface area contributed by atoms with E-state index >= 15 is 0 Å². The molecular weight excluding hydrogens is 242 g/mol. The van der Waals surface area contributed by atoms with Crippen molar-refractivity contribution in [1.82, 2.24) is 4.57 Å². The van der Waals surface area contributed by atoms with Gasteiger partial charge in [0.1, 0.15) is 0 Å². The monoisotopic (exact) mass is 263 g/mol. The zero-order chi connectivity index (χ0) is 12.8. The Morgan fingerprint density at radius 2 is 2.11 bits per heavy atom. The smallest absolute Gasteiger partial charge is 0.164 e. The molecule has 1 aromatic rings. The molecule has 98 valence electrons. The van der Waals surface area contributed by atoms with Crippen molar-refractivity contribution in [3.8, 4) is 0 Å². The molecule has 0 spiro atoms. The molecule has 0 saturated heterocycles. The summed E-state index contributed by atoms with van der Waals surface area (Å²) >= 11 is 2.01. The number of thioether (sulfide) groups is 1. The molecule has 0 atom stereocenters. The lowest BCUT2D eigenvalue weighted by molar-refractivity contribution is 0.0971. The molecule has 0 amide bonds. The first kappa shape index (κ1) is 12.3. The van der Waals surface area contributed by atoms with E-state index in [2.05, 4.69) is 23.8 Å². The number of carbonyl (C=O) groups excluding carboxylic acids is 1. The third-order valence-electron chi connectivity index (χ3n) is 4.68. The van der Waals surface area contributed by atoms with Gasteiger partial charge in [0.2, 0.25) is 0 Å². The Labute approximate surface area is 113 Å². The van der Waals surface area contributed by atoms with Gasteiger partial charge in [0.15, 0.2) is 5.78 Å². The van der Waals surface area contributed by atoms with Crippen LogP contribution in [0, 0.1) is 6.92 Å². The minimum atomic E-state index is 0.352. The zero-order valence-electron chi connectivity index (χ0n) is 11.3. The fourth-order valence-corrected chi connectivity index (χ4v) is 4.25. The molecule has 1 aromatic heterocycles. The van der Waals surface area contributed by atoms with Gasteiger partial charge in [0.25, 0.3) is 0 Å². The van der Waals surface area contributed by atoms with Crippen LogP contribution in [-0.2, 0) is 13.0 Å². The fourth-order valence-electron chi connectivity index (χ4n) is 3.30. The van der Waals surface area contributed by atoms with Crippen LogP contribution < -0.4 is 0 Å². The predicted octanol–water partition coefficient (Wildman–Crippen LogP) is 3.60. The van der Waals surface area contributed by atoms with Crippen molar-refractivity contribution in [2.75, 3.05) is 6.26 Å². The molecule has 0 aliphatic heterocycles. The van der Waals surface area contributed by atoms with Crippen LogP contribution in [-0.4, -0.2) is 21.4 Å². The molecule has 2 aliphatic carbocycles. The molecule has 0 unspecified atom stereocenters. The summed E-state index contributed by atoms with van der Waals surface area (Å²) < 4.78 is 2.88. The van der Waals surface area contributed by atoms with Gasteiger partial charge in [0.05, 0.1) is 0 Å². The Morgan fingerprint density at radius 3 is 2.72 bits per heavy atom. The van der Waals surface area contributed by atoms with Crippen LogP contribution in [0.3, 0.4) is 0 Å². The lowest BCUT2D eigenvalue weighted by Crippen LogP contribution is -2.38. The summed E-state index contributed by atoms with van der Waals surface area (Å²) in [5, 5.41) is 0. The van der Waals surface area contributed by atoms with E-state index in [1.165, 1.54) is 30.7 Å². The van der Waals surface area contributed by atoms with Gasteiger partial charge in [-0.3, -0.25) is 4.79 Å². The second kappa shape index (κ2) is 4.44. The van der Waals surface area contributed by atoms with Gasteiger partial charge in [0, 0.05) is 34.7 Å². The number of carbonyl (C=O) groups is 1. The largest absolute Gasteiger partial charge is 0.347 e. The van der Waals surface area contributed by atoms with Crippen molar-refractivity contribution in [3.63, 3.8) is 0 Å². The van der Waals surface area contributed by atoms with E-state index in [1.807, 2.05) is 11.8 Å². The molecule has 1 saturated carbocycles. The standard InChI is InChI=1S/C15H21NOS/c1-11-9-12-13(5-3-6-14(12)17)16(11)10-15(18-2)7-4-8-15/h9H,3-8,10H2,1-2H3. The Morgan fingerprint density at radius 1 is 1.33 bits per heavy atom. The number of fused-ring (bicyclic) bond motifs is 1. The van der Waals surface area contributed by atoms with Crippen LogP contribution in [0.15, 0.2) is 6.07 Å². The number of hydrogen-bond donors (Lipinski definition) is 0. The van der Waals surface area contributed by atoms with Crippen molar-refractivity contribution < 1.29 is 4.79 Å². The van der Waals surface area contributed by atoms with Crippen LogP contribution in [0.5, 0.6) is 0 Å². The van der Waals surface area contributed by atoms with Crippen LogP contribution in [0.1, 0.15) is 53.8 Å². The quantitative estimate of drug-likeness (QED) is 0.831. The maximum Gasteiger partial charge on any atom is 0.164 e. The molecule has 0 radical (unpaired) electrons. The van der Waals surface area contributed by atoms with Gasteiger partial charge < -0.3 is 4.57 Å². The molecule has 2 aliphatic rings. The molecule has 3 rings (SSSR count). The summed E-state index contributed by atoms with van der Waals surface area (Å²) in [7, 11) is 0. The zero-order valence-corrected chi connectivity index (χ0v) is 12.1. The van der Waals surface area contributed by atoms with E-state index in [4.69, 9.17) is 0 Å². The highest BCUT2D eigenvalue weighted by molar-refractivity contribution is 8.00. The second-order valence-electron chi connectivity index (χ2n) is 5.75. The number of ketones is 1. The fraction of sp³-hybridized carbons (Fsp3) is 0.667. The molecule has 3 heteroatoms. The minimum absolute atomic E-state index is 0.352. The number of aryl methyl sites for hydroxylation is 1. The van der Waals surface area contributed by atoms with Crippen LogP contribution in [0.4, 0.5) is 0 Å². The second-order valence-corrected chi connectivity index (χ2v) is 7.02. The Bertz CT molecular complexity index is 479. The van der Waals surface area contributed by atoms with E-state index in [-0.39, 0.29) is 0 Å². The summed E-state index contributed by atoms with van der Waals surface area (Å²) in [6, 6.07) is 2.11. The van der Waals surface area contributed by atoms with Crippen molar-refractivity contribution in [1.29, 1.82) is 0 Å². The highest BCUT2D eigenvalue weighted by Crippen LogP contribution is 2.45. The molecule has 2 nitrogen and oxygen atoms in total. The first-order chi connectivity index (χ1) is 8.65. The molecule has 1 fully saturated rings. The minimum Gasteiger partial charge on any atom is -0.347 e. The summed E-state index contributed by atoms with van der Waals surface area (Å²) in [4.78, 5) is 12.0. The Hall–Kier alpha value is -0.700. The first-order valence-electron chi connectivity index (χ1n) is 6.93. The van der Waals surface area contributed by atoms with Gasteiger partial charge in [-0.2, -0.15) is 11.8 Å². The average molecular weight is 263 g/mol. The number of aromatic nitrogens is 1. The molecule has 18 heavy (non-hydrogen) atoms. The summed E-state index contributed by atoms with van der Waals surface area (Å²) in [6.45, 7) is 3.25. The third-order valence-corrected chi connectivity index (χ3v) is 6.08. The average Bonchev–Trinajstić information content (AvgIpc) is 2.62. The van der Waals surface area contributed by atoms with Crippen LogP contribution >= 0.6 is 11.8 Å². The number of hydrogen-bond acceptors (Lipinski definition) is 2. The number of rotatable bonds is 3. The Kier molecular flexibility index (Phi) is 3.05. The molecule has 1 heterocycles. The van der Waals surface area contributed by atoms with Gasteiger partial charge in [-0.1, -0.05) is 6.42 Å². The van der Waals surface area contributed by atoms with Crippen molar-refractivity contribution in [3.05, 3.63) is 23.0 Å². The number of Topliss-reactive ketones (excluding diaryl/α,β-unsaturated/α-hetero) is 1. The topological polar surface area (TPSA) is 22.0 Å². The molecule has 0 bridgehead atoms. The molecular formula is C15H21NOS. The first-order valence-corrected chi connectivity index (χ1v) is 8.15. The van der Waals surface area contributed by atoms with E-state index in [9.17, 15) is 4.79 Å². The highest BCUT2D eigenvalue weighted by atomic mass is 32.2. The summed E-state index contributed by atoms with van der Waals surface area (Å²) in [5.41, 5.74) is 3.59. The number of nitrogens with zero attached hydrogens (tertiary/aromatic N) is 1. The maximum atomic E-state index is 12.0. The maximum absolute atomic E-state index is 12.0. The SMILES string of the molecule is CSC1(Cn2c(C)cc3c2CCCC3=O)CCC1. The lowest BCUT2D eigenvalue weighted by atomic mass is 9.84. The summed E-state index contributed by atoms with van der Waals surface area (Å²) in [6.07, 6.45) is 9.10. The van der Waals surface area contributed by atoms with Gasteiger partial charge >= 0.3 is 0 Å². The normalized spacial score (nSPS) is 21.6. The van der Waals surface area contributed by atoms with Crippen molar-refractivity contribution in [2.24, 2.45) is 0 Å². The summed E-state index contributed by atoms with van der Waals surface area (Å²) in [5.74, 6) is 0.352. The van der Waals surface area contributed by atoms with Gasteiger partial charge in [-0.25, -0.2) is 0 Å². The van der Waals surface area contributed by atoms with Gasteiger partial charge in [-0.05, 0) is 44.9 Å². The van der Waals surface area contributed by atoms with Crippen molar-refractivity contribution >= 4 is 17.5 Å². The van der Waals surface area contributed by atoms with Crippen LogP contribution in [0.25, 0.3) is 0 Å². The van der Waals surface area contributed by atoms with E-state index < -0.39 is 0 Å². The van der Waals surface area contributed by atoms with E-state index in [1.54, 1.807) is 0 Å². The highest BCUT2D eigenvalue weighted by Gasteiger charge is 2.37. The van der Waals surface area contributed by atoms with E-state index in [0.717, 1.165) is 31.4 Å². The van der Waals surface area contributed by atoms with E-state index in [0.29, 0.717) is 10.5 Å². The third kappa shape index (κ3) is 1.83. The lowest BCUT2D eigenvalue weighted by Gasteiger charge is -2.41.